The van der Waals surface area contributed by atoms with Crippen LogP contribution < -0.4 is 15.4 Å². The Hall–Kier alpha value is -3.60. The van der Waals surface area contributed by atoms with Gasteiger partial charge in [0.15, 0.2) is 6.61 Å². The monoisotopic (exact) mass is 414 g/mol. The van der Waals surface area contributed by atoms with Gasteiger partial charge in [-0.2, -0.15) is 0 Å². The van der Waals surface area contributed by atoms with E-state index in [2.05, 4.69) is 42.7 Å². The number of nitrogens with one attached hydrogen (secondary N) is 2. The van der Waals surface area contributed by atoms with Crippen LogP contribution in [0.5, 0.6) is 5.75 Å². The summed E-state index contributed by atoms with van der Waals surface area (Å²) in [6, 6.07) is 21.4. The lowest BCUT2D eigenvalue weighted by Gasteiger charge is -2.21. The summed E-state index contributed by atoms with van der Waals surface area (Å²) in [4.78, 5) is 24.3. The van der Waals surface area contributed by atoms with Crippen molar-refractivity contribution < 1.29 is 14.3 Å². The van der Waals surface area contributed by atoms with Crippen LogP contribution in [0, 0.1) is 13.8 Å². The van der Waals surface area contributed by atoms with Crippen molar-refractivity contribution in [3.05, 3.63) is 94.5 Å². The second kappa shape index (κ2) is 9.04. The van der Waals surface area contributed by atoms with E-state index in [1.165, 1.54) is 11.1 Å². The van der Waals surface area contributed by atoms with Crippen LogP contribution in [-0.2, 0) is 16.0 Å². The van der Waals surface area contributed by atoms with Gasteiger partial charge in [0.2, 0.25) is 5.91 Å². The molecule has 0 unspecified atom stereocenters. The molecule has 0 saturated heterocycles. The van der Waals surface area contributed by atoms with Gasteiger partial charge in [-0.3, -0.25) is 9.59 Å². The van der Waals surface area contributed by atoms with Crippen molar-refractivity contribution in [1.82, 2.24) is 5.32 Å². The fourth-order valence-electron chi connectivity index (χ4n) is 3.75. The van der Waals surface area contributed by atoms with Crippen LogP contribution >= 0.6 is 0 Å². The van der Waals surface area contributed by atoms with E-state index < -0.39 is 0 Å². The van der Waals surface area contributed by atoms with Crippen molar-refractivity contribution in [2.24, 2.45) is 0 Å². The Morgan fingerprint density at radius 1 is 0.968 bits per heavy atom. The largest absolute Gasteiger partial charge is 0.484 e. The van der Waals surface area contributed by atoms with Gasteiger partial charge in [-0.25, -0.2) is 0 Å². The predicted octanol–water partition coefficient (Wildman–Crippen LogP) is 4.47. The number of carbonyl (C=O) groups is 2. The predicted molar refractivity (Wildman–Crippen MR) is 121 cm³/mol. The second-order valence-corrected chi connectivity index (χ2v) is 7.91. The Bertz CT molecular complexity index is 1110. The number of anilines is 1. The molecule has 0 spiro atoms. The van der Waals surface area contributed by atoms with Crippen LogP contribution in [0.15, 0.2) is 66.7 Å². The highest BCUT2D eigenvalue weighted by molar-refractivity contribution is 5.94. The molecule has 0 aromatic heterocycles. The molecule has 1 aliphatic rings. The molecular weight excluding hydrogens is 388 g/mol. The van der Waals surface area contributed by atoms with E-state index >= 15 is 0 Å². The zero-order valence-corrected chi connectivity index (χ0v) is 17.8. The number of fused-ring (bicyclic) bond motifs is 1. The molecule has 0 fully saturated rings. The molecule has 2 amide bonds. The van der Waals surface area contributed by atoms with Crippen molar-refractivity contribution in [3.63, 3.8) is 0 Å². The molecule has 158 valence electrons. The topological polar surface area (TPSA) is 67.4 Å². The van der Waals surface area contributed by atoms with E-state index in [0.717, 1.165) is 22.4 Å². The third-order valence-corrected chi connectivity index (χ3v) is 5.64. The molecule has 3 aromatic carbocycles. The van der Waals surface area contributed by atoms with Crippen LogP contribution in [-0.4, -0.2) is 18.4 Å². The fraction of sp³-hybridized carbons (Fsp3) is 0.231. The summed E-state index contributed by atoms with van der Waals surface area (Å²) in [6.07, 6.45) is 1.14. The first-order chi connectivity index (χ1) is 15.0. The van der Waals surface area contributed by atoms with Crippen LogP contribution in [0.3, 0.4) is 0 Å². The number of benzene rings is 3. The molecule has 0 radical (unpaired) electrons. The maximum absolute atomic E-state index is 12.8. The first kappa shape index (κ1) is 20.7. The number of hydrogen-bond acceptors (Lipinski definition) is 3. The van der Waals surface area contributed by atoms with E-state index in [-0.39, 0.29) is 24.5 Å². The van der Waals surface area contributed by atoms with E-state index in [1.54, 1.807) is 6.07 Å². The van der Waals surface area contributed by atoms with Gasteiger partial charge in [-0.15, -0.1) is 0 Å². The summed E-state index contributed by atoms with van der Waals surface area (Å²) in [5, 5.41) is 5.96. The smallest absolute Gasteiger partial charge is 0.258 e. The first-order valence-corrected chi connectivity index (χ1v) is 10.5. The number of hydrogen-bond donors (Lipinski definition) is 2. The van der Waals surface area contributed by atoms with Gasteiger partial charge in [-0.1, -0.05) is 48.5 Å². The van der Waals surface area contributed by atoms with Crippen LogP contribution in [0.4, 0.5) is 5.69 Å². The maximum Gasteiger partial charge on any atom is 0.258 e. The fourth-order valence-corrected chi connectivity index (χ4v) is 3.75. The first-order valence-electron chi connectivity index (χ1n) is 10.5. The lowest BCUT2D eigenvalue weighted by atomic mass is 9.95. The van der Waals surface area contributed by atoms with Crippen LogP contribution in [0.1, 0.15) is 40.3 Å². The molecule has 2 N–H and O–H groups in total. The molecule has 1 heterocycles. The quantitative estimate of drug-likeness (QED) is 0.625. The van der Waals surface area contributed by atoms with Crippen molar-refractivity contribution in [2.75, 3.05) is 11.9 Å². The summed E-state index contributed by atoms with van der Waals surface area (Å²) in [5.74, 6) is 0.449. The van der Waals surface area contributed by atoms with Gasteiger partial charge in [0.1, 0.15) is 5.75 Å². The van der Waals surface area contributed by atoms with Gasteiger partial charge in [0.25, 0.3) is 5.91 Å². The molecule has 0 bridgehead atoms. The van der Waals surface area contributed by atoms with Gasteiger partial charge >= 0.3 is 0 Å². The second-order valence-electron chi connectivity index (χ2n) is 7.91. The number of aryl methyl sites for hydroxylation is 3. The number of carbonyl (C=O) groups excluding carboxylic acids is 2. The Labute approximate surface area is 182 Å². The SMILES string of the molecule is Cc1ccc([C@H](NC(=O)COc2ccc3c(c2)CCC(=O)N3)c2ccccc2)cc1C. The Morgan fingerprint density at radius 3 is 2.55 bits per heavy atom. The van der Waals surface area contributed by atoms with Gasteiger partial charge in [-0.05, 0) is 66.3 Å². The van der Waals surface area contributed by atoms with Gasteiger partial charge < -0.3 is 15.4 Å². The van der Waals surface area contributed by atoms with Crippen molar-refractivity contribution in [1.29, 1.82) is 0 Å². The highest BCUT2D eigenvalue weighted by atomic mass is 16.5. The van der Waals surface area contributed by atoms with E-state index in [9.17, 15) is 9.59 Å². The third kappa shape index (κ3) is 4.94. The zero-order chi connectivity index (χ0) is 21.8. The summed E-state index contributed by atoms with van der Waals surface area (Å²) < 4.78 is 5.75. The van der Waals surface area contributed by atoms with E-state index in [0.29, 0.717) is 18.6 Å². The van der Waals surface area contributed by atoms with Crippen molar-refractivity contribution >= 4 is 17.5 Å². The minimum atomic E-state index is -0.254. The molecule has 5 nitrogen and oxygen atoms in total. The molecule has 5 heteroatoms. The van der Waals surface area contributed by atoms with Crippen LogP contribution in [0.25, 0.3) is 0 Å². The summed E-state index contributed by atoms with van der Waals surface area (Å²) in [5.41, 5.74) is 6.29. The molecule has 0 aliphatic carbocycles. The lowest BCUT2D eigenvalue weighted by molar-refractivity contribution is -0.123. The Morgan fingerprint density at radius 2 is 1.77 bits per heavy atom. The number of amides is 2. The molecule has 31 heavy (non-hydrogen) atoms. The Kier molecular flexibility index (Phi) is 6.03. The standard InChI is InChI=1S/C26H26N2O3/c1-17-8-9-21(14-18(17)2)26(19-6-4-3-5-7-19)28-25(30)16-31-22-11-12-23-20(15-22)10-13-24(29)27-23/h3-9,11-12,14-15,26H,10,13,16H2,1-2H3,(H,27,29)(H,28,30)/t26-/m1/s1. The van der Waals surface area contributed by atoms with E-state index in [1.807, 2.05) is 42.5 Å². The summed E-state index contributed by atoms with van der Waals surface area (Å²) in [7, 11) is 0. The number of ether oxygens (including phenoxy) is 1. The maximum atomic E-state index is 12.8. The molecule has 0 saturated carbocycles. The molecule has 1 atom stereocenters. The highest BCUT2D eigenvalue weighted by Gasteiger charge is 2.19. The Balaban J connectivity index is 1.46. The third-order valence-electron chi connectivity index (χ3n) is 5.64. The summed E-state index contributed by atoms with van der Waals surface area (Å²) in [6.45, 7) is 4.07. The van der Waals surface area contributed by atoms with Gasteiger partial charge in [0.05, 0.1) is 6.04 Å². The highest BCUT2D eigenvalue weighted by Crippen LogP contribution is 2.27. The van der Waals surface area contributed by atoms with Crippen molar-refractivity contribution in [3.8, 4) is 5.75 Å². The minimum Gasteiger partial charge on any atom is -0.484 e. The van der Waals surface area contributed by atoms with Gasteiger partial charge in [0, 0.05) is 12.1 Å². The van der Waals surface area contributed by atoms with Crippen molar-refractivity contribution in [2.45, 2.75) is 32.7 Å². The number of rotatable bonds is 6. The molecule has 4 rings (SSSR count). The average Bonchev–Trinajstić information content (AvgIpc) is 2.78. The van der Waals surface area contributed by atoms with E-state index in [4.69, 9.17) is 4.74 Å². The normalized spacial score (nSPS) is 13.7. The average molecular weight is 415 g/mol. The lowest BCUT2D eigenvalue weighted by Crippen LogP contribution is -2.33. The minimum absolute atomic E-state index is 0.0267. The molecule has 1 aliphatic heterocycles. The van der Waals surface area contributed by atoms with Crippen LogP contribution in [0.2, 0.25) is 0 Å². The summed E-state index contributed by atoms with van der Waals surface area (Å²) >= 11 is 0. The molecule has 3 aromatic rings. The molecular formula is C26H26N2O3. The zero-order valence-electron chi connectivity index (χ0n) is 17.8.